The van der Waals surface area contributed by atoms with Crippen molar-refractivity contribution in [1.82, 2.24) is 15.5 Å². The van der Waals surface area contributed by atoms with E-state index in [0.717, 1.165) is 64.7 Å². The van der Waals surface area contributed by atoms with E-state index in [9.17, 15) is 9.59 Å². The van der Waals surface area contributed by atoms with Crippen LogP contribution in [0.25, 0.3) is 0 Å². The van der Waals surface area contributed by atoms with E-state index in [4.69, 9.17) is 4.74 Å². The van der Waals surface area contributed by atoms with E-state index >= 15 is 0 Å². The monoisotopic (exact) mass is 361 g/mol. The van der Waals surface area contributed by atoms with Gasteiger partial charge in [0.2, 0.25) is 11.8 Å². The molecule has 2 unspecified atom stereocenters. The van der Waals surface area contributed by atoms with Crippen molar-refractivity contribution < 1.29 is 14.3 Å². The number of rotatable bonds is 8. The molecule has 0 bridgehead atoms. The standard InChI is InChI=1S/C17H31N3O3.ClH/c1-23-13-10-18-8-9-19-16(21)14-6-2-3-7-15(14)17(22)20-11-4-5-12-20;/h14-15,18H,2-13H2,1H3,(H,19,21);1H. The summed E-state index contributed by atoms with van der Waals surface area (Å²) in [7, 11) is 1.67. The molecule has 140 valence electrons. The van der Waals surface area contributed by atoms with Crippen molar-refractivity contribution in [3.63, 3.8) is 0 Å². The molecular formula is C17H32ClN3O3. The minimum absolute atomic E-state index is 0. The average molecular weight is 362 g/mol. The molecule has 2 amide bonds. The van der Waals surface area contributed by atoms with Crippen LogP contribution >= 0.6 is 12.4 Å². The summed E-state index contributed by atoms with van der Waals surface area (Å²) in [6.45, 7) is 4.52. The van der Waals surface area contributed by atoms with E-state index in [1.165, 1.54) is 0 Å². The first-order valence-electron chi connectivity index (χ1n) is 9.00. The topological polar surface area (TPSA) is 70.7 Å². The first-order chi connectivity index (χ1) is 11.2. The number of hydrogen-bond acceptors (Lipinski definition) is 4. The number of ether oxygens (including phenoxy) is 1. The molecule has 6 nitrogen and oxygen atoms in total. The van der Waals surface area contributed by atoms with E-state index in [2.05, 4.69) is 10.6 Å². The minimum Gasteiger partial charge on any atom is -0.383 e. The van der Waals surface area contributed by atoms with Crippen molar-refractivity contribution >= 4 is 24.2 Å². The van der Waals surface area contributed by atoms with Crippen molar-refractivity contribution in [2.75, 3.05) is 46.4 Å². The summed E-state index contributed by atoms with van der Waals surface area (Å²) in [5, 5.41) is 6.20. The van der Waals surface area contributed by atoms with Gasteiger partial charge in [0.1, 0.15) is 0 Å². The SMILES string of the molecule is COCCNCCNC(=O)C1CCCCC1C(=O)N1CCCC1.Cl. The van der Waals surface area contributed by atoms with Crippen LogP contribution in [0.2, 0.25) is 0 Å². The zero-order valence-electron chi connectivity index (χ0n) is 14.7. The highest BCUT2D eigenvalue weighted by molar-refractivity contribution is 5.88. The number of amides is 2. The smallest absolute Gasteiger partial charge is 0.226 e. The zero-order chi connectivity index (χ0) is 16.5. The Morgan fingerprint density at radius 2 is 1.67 bits per heavy atom. The lowest BCUT2D eigenvalue weighted by Crippen LogP contribution is -2.45. The number of carbonyl (C=O) groups excluding carboxylic acids is 2. The van der Waals surface area contributed by atoms with Gasteiger partial charge in [-0.25, -0.2) is 0 Å². The lowest BCUT2D eigenvalue weighted by molar-refractivity contribution is -0.142. The summed E-state index contributed by atoms with van der Waals surface area (Å²) in [5.74, 6) is 0.00971. The van der Waals surface area contributed by atoms with Gasteiger partial charge >= 0.3 is 0 Å². The van der Waals surface area contributed by atoms with Crippen LogP contribution in [-0.2, 0) is 14.3 Å². The normalized spacial score (nSPS) is 23.6. The zero-order valence-corrected chi connectivity index (χ0v) is 15.5. The summed E-state index contributed by atoms with van der Waals surface area (Å²) >= 11 is 0. The van der Waals surface area contributed by atoms with Gasteiger partial charge in [-0.2, -0.15) is 0 Å². The summed E-state index contributed by atoms with van der Waals surface area (Å²) in [4.78, 5) is 27.1. The fourth-order valence-corrected chi connectivity index (χ4v) is 3.62. The lowest BCUT2D eigenvalue weighted by Gasteiger charge is -2.32. The summed E-state index contributed by atoms with van der Waals surface area (Å²) in [6, 6.07) is 0. The van der Waals surface area contributed by atoms with Crippen molar-refractivity contribution in [3.05, 3.63) is 0 Å². The third-order valence-corrected chi connectivity index (χ3v) is 4.92. The summed E-state index contributed by atoms with van der Waals surface area (Å²) in [6.07, 6.45) is 6.01. The maximum atomic E-state index is 12.7. The van der Waals surface area contributed by atoms with Gasteiger partial charge in [-0.15, -0.1) is 12.4 Å². The van der Waals surface area contributed by atoms with Crippen LogP contribution in [0, 0.1) is 11.8 Å². The number of halogens is 1. The Morgan fingerprint density at radius 3 is 2.33 bits per heavy atom. The van der Waals surface area contributed by atoms with Gasteiger partial charge in [0.05, 0.1) is 6.61 Å². The number of nitrogens with one attached hydrogen (secondary N) is 2. The Morgan fingerprint density at radius 1 is 1.00 bits per heavy atom. The van der Waals surface area contributed by atoms with E-state index in [1.54, 1.807) is 7.11 Å². The second-order valence-electron chi connectivity index (χ2n) is 6.56. The molecule has 1 aliphatic carbocycles. The Labute approximate surface area is 151 Å². The molecule has 2 atom stereocenters. The van der Waals surface area contributed by atoms with Crippen LogP contribution in [0.3, 0.4) is 0 Å². The number of hydrogen-bond donors (Lipinski definition) is 2. The molecule has 0 aromatic heterocycles. The van der Waals surface area contributed by atoms with Gasteiger partial charge in [0, 0.05) is 51.7 Å². The number of likely N-dealkylation sites (tertiary alicyclic amines) is 1. The fourth-order valence-electron chi connectivity index (χ4n) is 3.62. The molecule has 1 aliphatic heterocycles. The lowest BCUT2D eigenvalue weighted by atomic mass is 9.78. The highest BCUT2D eigenvalue weighted by atomic mass is 35.5. The predicted octanol–water partition coefficient (Wildman–Crippen LogP) is 1.19. The van der Waals surface area contributed by atoms with Crippen molar-refractivity contribution in [2.45, 2.75) is 38.5 Å². The predicted molar refractivity (Wildman–Crippen MR) is 96.3 cm³/mol. The third kappa shape index (κ3) is 6.22. The molecule has 0 spiro atoms. The summed E-state index contributed by atoms with van der Waals surface area (Å²) in [5.41, 5.74) is 0. The second kappa shape index (κ2) is 11.7. The molecule has 1 saturated carbocycles. The van der Waals surface area contributed by atoms with Gasteiger partial charge in [0.15, 0.2) is 0 Å². The van der Waals surface area contributed by atoms with Crippen LogP contribution in [0.5, 0.6) is 0 Å². The van der Waals surface area contributed by atoms with Crippen LogP contribution < -0.4 is 10.6 Å². The van der Waals surface area contributed by atoms with Crippen molar-refractivity contribution in [2.24, 2.45) is 11.8 Å². The fraction of sp³-hybridized carbons (Fsp3) is 0.882. The van der Waals surface area contributed by atoms with Crippen LogP contribution in [-0.4, -0.2) is 63.2 Å². The highest BCUT2D eigenvalue weighted by Gasteiger charge is 2.38. The van der Waals surface area contributed by atoms with E-state index in [-0.39, 0.29) is 36.1 Å². The van der Waals surface area contributed by atoms with E-state index < -0.39 is 0 Å². The van der Waals surface area contributed by atoms with Gasteiger partial charge in [0.25, 0.3) is 0 Å². The molecule has 0 aromatic carbocycles. The van der Waals surface area contributed by atoms with Gasteiger partial charge in [-0.1, -0.05) is 12.8 Å². The molecule has 2 N–H and O–H groups in total. The maximum Gasteiger partial charge on any atom is 0.226 e. The summed E-state index contributed by atoms with van der Waals surface area (Å²) < 4.78 is 4.96. The Hall–Kier alpha value is -0.850. The van der Waals surface area contributed by atoms with Gasteiger partial charge < -0.3 is 20.3 Å². The third-order valence-electron chi connectivity index (χ3n) is 4.92. The largest absolute Gasteiger partial charge is 0.383 e. The molecule has 24 heavy (non-hydrogen) atoms. The molecule has 2 aliphatic rings. The average Bonchev–Trinajstić information content (AvgIpc) is 3.11. The molecule has 2 fully saturated rings. The molecule has 2 rings (SSSR count). The maximum absolute atomic E-state index is 12.7. The van der Waals surface area contributed by atoms with E-state index in [1.807, 2.05) is 4.90 Å². The second-order valence-corrected chi connectivity index (χ2v) is 6.56. The quantitative estimate of drug-likeness (QED) is 0.637. The molecule has 1 heterocycles. The number of methoxy groups -OCH3 is 1. The number of carbonyl (C=O) groups is 2. The Bertz CT molecular complexity index is 389. The van der Waals surface area contributed by atoms with Gasteiger partial charge in [-0.3, -0.25) is 9.59 Å². The molecule has 7 heteroatoms. The first-order valence-corrected chi connectivity index (χ1v) is 9.00. The van der Waals surface area contributed by atoms with Crippen LogP contribution in [0.1, 0.15) is 38.5 Å². The van der Waals surface area contributed by atoms with E-state index in [0.29, 0.717) is 13.2 Å². The van der Waals surface area contributed by atoms with Crippen LogP contribution in [0.15, 0.2) is 0 Å². The molecule has 0 radical (unpaired) electrons. The van der Waals surface area contributed by atoms with Crippen molar-refractivity contribution in [1.29, 1.82) is 0 Å². The van der Waals surface area contributed by atoms with Crippen LogP contribution in [0.4, 0.5) is 0 Å². The Balaban J connectivity index is 0.00000288. The van der Waals surface area contributed by atoms with Gasteiger partial charge in [-0.05, 0) is 25.7 Å². The first kappa shape index (κ1) is 21.2. The molecule has 1 saturated heterocycles. The van der Waals surface area contributed by atoms with Crippen molar-refractivity contribution in [3.8, 4) is 0 Å². The highest BCUT2D eigenvalue weighted by Crippen LogP contribution is 2.32. The molecule has 0 aromatic rings. The molecular weight excluding hydrogens is 330 g/mol. The Kier molecular flexibility index (Phi) is 10.3. The minimum atomic E-state index is -0.143. The number of nitrogens with zero attached hydrogens (tertiary/aromatic N) is 1.